The molecule has 6 heteroatoms. The third-order valence-electron chi connectivity index (χ3n) is 2.84. The Morgan fingerprint density at radius 3 is 2.55 bits per heavy atom. The predicted molar refractivity (Wildman–Crippen MR) is 71.4 cm³/mol. The van der Waals surface area contributed by atoms with Gasteiger partial charge in [0.25, 0.3) is 0 Å². The van der Waals surface area contributed by atoms with Crippen LogP contribution in [0, 0.1) is 0 Å². The standard InChI is InChI=1S/C14H21F3N2O/c1-11(2)13-6-3-5-12(18-13)9-19(7-4-8-20)10-14(15,16)17/h3,5-6,11,20H,4,7-10H2,1-2H3. The van der Waals surface area contributed by atoms with E-state index in [0.717, 1.165) is 5.69 Å². The summed E-state index contributed by atoms with van der Waals surface area (Å²) in [6, 6.07) is 5.42. The number of hydrogen-bond acceptors (Lipinski definition) is 3. The summed E-state index contributed by atoms with van der Waals surface area (Å²) >= 11 is 0. The zero-order chi connectivity index (χ0) is 15.2. The van der Waals surface area contributed by atoms with Crippen LogP contribution >= 0.6 is 0 Å². The van der Waals surface area contributed by atoms with Crippen LogP contribution in [0.5, 0.6) is 0 Å². The first-order valence-electron chi connectivity index (χ1n) is 6.67. The van der Waals surface area contributed by atoms with Crippen LogP contribution < -0.4 is 0 Å². The van der Waals surface area contributed by atoms with Gasteiger partial charge in [0, 0.05) is 25.4 Å². The molecule has 0 aliphatic carbocycles. The second-order valence-electron chi connectivity index (χ2n) is 5.11. The number of pyridine rings is 1. The quantitative estimate of drug-likeness (QED) is 0.838. The van der Waals surface area contributed by atoms with Crippen molar-refractivity contribution in [1.29, 1.82) is 0 Å². The van der Waals surface area contributed by atoms with Crippen molar-refractivity contribution in [3.8, 4) is 0 Å². The fourth-order valence-corrected chi connectivity index (χ4v) is 1.90. The molecule has 20 heavy (non-hydrogen) atoms. The average Bonchev–Trinajstić information content (AvgIpc) is 2.34. The molecule has 1 rings (SSSR count). The molecule has 0 atom stereocenters. The van der Waals surface area contributed by atoms with Gasteiger partial charge in [0.1, 0.15) is 0 Å². The van der Waals surface area contributed by atoms with Crippen molar-refractivity contribution in [2.45, 2.75) is 38.9 Å². The number of hydrogen-bond donors (Lipinski definition) is 1. The van der Waals surface area contributed by atoms with E-state index in [-0.39, 0.29) is 25.6 Å². The lowest BCUT2D eigenvalue weighted by atomic mass is 10.1. The lowest BCUT2D eigenvalue weighted by molar-refractivity contribution is -0.147. The highest BCUT2D eigenvalue weighted by molar-refractivity contribution is 5.13. The predicted octanol–water partition coefficient (Wildman–Crippen LogP) is 2.95. The Morgan fingerprint density at radius 1 is 1.30 bits per heavy atom. The van der Waals surface area contributed by atoms with Gasteiger partial charge in [-0.3, -0.25) is 9.88 Å². The first kappa shape index (κ1) is 16.9. The lowest BCUT2D eigenvalue weighted by Gasteiger charge is -2.23. The molecule has 1 N–H and O–H groups in total. The van der Waals surface area contributed by atoms with Crippen LogP contribution in [0.3, 0.4) is 0 Å². The summed E-state index contributed by atoms with van der Waals surface area (Å²) in [6.07, 6.45) is -3.93. The van der Waals surface area contributed by atoms with E-state index in [1.807, 2.05) is 26.0 Å². The van der Waals surface area contributed by atoms with Gasteiger partial charge < -0.3 is 5.11 Å². The van der Waals surface area contributed by atoms with Gasteiger partial charge in [-0.1, -0.05) is 19.9 Å². The van der Waals surface area contributed by atoms with Gasteiger partial charge >= 0.3 is 6.18 Å². The van der Waals surface area contributed by atoms with Crippen LogP contribution in [0.2, 0.25) is 0 Å². The molecule has 0 amide bonds. The first-order valence-corrected chi connectivity index (χ1v) is 6.67. The largest absolute Gasteiger partial charge is 0.401 e. The molecule has 0 aliphatic rings. The zero-order valence-electron chi connectivity index (χ0n) is 11.8. The smallest absolute Gasteiger partial charge is 0.396 e. The minimum absolute atomic E-state index is 0.117. The summed E-state index contributed by atoms with van der Waals surface area (Å²) in [5, 5.41) is 8.77. The average molecular weight is 290 g/mol. The highest BCUT2D eigenvalue weighted by Gasteiger charge is 2.30. The van der Waals surface area contributed by atoms with Gasteiger partial charge in [0.05, 0.1) is 12.2 Å². The van der Waals surface area contributed by atoms with Crippen LogP contribution in [0.4, 0.5) is 13.2 Å². The number of aromatic nitrogens is 1. The van der Waals surface area contributed by atoms with Crippen LogP contribution in [0.25, 0.3) is 0 Å². The van der Waals surface area contributed by atoms with Crippen molar-refractivity contribution in [3.05, 3.63) is 29.6 Å². The number of halogens is 3. The van der Waals surface area contributed by atoms with Crippen molar-refractivity contribution < 1.29 is 18.3 Å². The topological polar surface area (TPSA) is 36.4 Å². The Balaban J connectivity index is 2.75. The maximum atomic E-state index is 12.5. The molecule has 3 nitrogen and oxygen atoms in total. The zero-order valence-corrected chi connectivity index (χ0v) is 11.8. The van der Waals surface area contributed by atoms with Crippen molar-refractivity contribution >= 4 is 0 Å². The molecule has 0 bridgehead atoms. The van der Waals surface area contributed by atoms with Crippen molar-refractivity contribution in [3.63, 3.8) is 0 Å². The molecule has 1 aromatic rings. The Morgan fingerprint density at radius 2 is 2.00 bits per heavy atom. The lowest BCUT2D eigenvalue weighted by Crippen LogP contribution is -2.35. The molecule has 0 radical (unpaired) electrons. The number of aliphatic hydroxyl groups is 1. The molecular formula is C14H21F3N2O. The van der Waals surface area contributed by atoms with Gasteiger partial charge in [-0.05, 0) is 24.5 Å². The Labute approximate surface area is 117 Å². The minimum Gasteiger partial charge on any atom is -0.396 e. The van der Waals surface area contributed by atoms with Gasteiger partial charge in [-0.2, -0.15) is 13.2 Å². The second kappa shape index (κ2) is 7.59. The van der Waals surface area contributed by atoms with E-state index >= 15 is 0 Å². The number of nitrogens with zero attached hydrogens (tertiary/aromatic N) is 2. The van der Waals surface area contributed by atoms with E-state index in [0.29, 0.717) is 12.1 Å². The van der Waals surface area contributed by atoms with E-state index in [2.05, 4.69) is 4.98 Å². The maximum Gasteiger partial charge on any atom is 0.401 e. The van der Waals surface area contributed by atoms with E-state index in [1.54, 1.807) is 6.07 Å². The monoisotopic (exact) mass is 290 g/mol. The van der Waals surface area contributed by atoms with E-state index in [9.17, 15) is 13.2 Å². The summed E-state index contributed by atoms with van der Waals surface area (Å²) in [5.41, 5.74) is 1.50. The molecule has 0 unspecified atom stereocenters. The van der Waals surface area contributed by atoms with Crippen LogP contribution in [-0.2, 0) is 6.54 Å². The summed E-state index contributed by atoms with van der Waals surface area (Å²) in [5.74, 6) is 0.239. The molecule has 1 aromatic heterocycles. The van der Waals surface area contributed by atoms with Crippen LogP contribution in [-0.4, -0.2) is 40.9 Å². The highest BCUT2D eigenvalue weighted by atomic mass is 19.4. The third-order valence-corrected chi connectivity index (χ3v) is 2.84. The Bertz CT molecular complexity index is 408. The van der Waals surface area contributed by atoms with E-state index in [4.69, 9.17) is 5.11 Å². The molecule has 0 spiro atoms. The van der Waals surface area contributed by atoms with Gasteiger partial charge in [0.2, 0.25) is 0 Å². The van der Waals surface area contributed by atoms with Gasteiger partial charge in [-0.25, -0.2) is 0 Å². The van der Waals surface area contributed by atoms with Crippen molar-refractivity contribution in [2.75, 3.05) is 19.7 Å². The molecular weight excluding hydrogens is 269 g/mol. The van der Waals surface area contributed by atoms with E-state index in [1.165, 1.54) is 4.90 Å². The Kier molecular flexibility index (Phi) is 6.42. The number of rotatable bonds is 7. The van der Waals surface area contributed by atoms with Crippen molar-refractivity contribution in [1.82, 2.24) is 9.88 Å². The normalized spacial score (nSPS) is 12.4. The fraction of sp³-hybridized carbons (Fsp3) is 0.643. The Hall–Kier alpha value is -1.14. The molecule has 0 saturated carbocycles. The van der Waals surface area contributed by atoms with Gasteiger partial charge in [-0.15, -0.1) is 0 Å². The fourth-order valence-electron chi connectivity index (χ4n) is 1.90. The number of alkyl halides is 3. The van der Waals surface area contributed by atoms with Gasteiger partial charge in [0.15, 0.2) is 0 Å². The highest BCUT2D eigenvalue weighted by Crippen LogP contribution is 2.19. The van der Waals surface area contributed by atoms with Crippen LogP contribution in [0.15, 0.2) is 18.2 Å². The summed E-state index contributed by atoms with van der Waals surface area (Å²) in [7, 11) is 0. The molecule has 114 valence electrons. The third kappa shape index (κ3) is 6.34. The first-order chi connectivity index (χ1) is 9.31. The second-order valence-corrected chi connectivity index (χ2v) is 5.11. The van der Waals surface area contributed by atoms with Crippen LogP contribution in [0.1, 0.15) is 37.6 Å². The summed E-state index contributed by atoms with van der Waals surface area (Å²) < 4.78 is 37.6. The van der Waals surface area contributed by atoms with Crippen molar-refractivity contribution in [2.24, 2.45) is 0 Å². The maximum absolute atomic E-state index is 12.5. The molecule has 1 heterocycles. The molecule has 0 saturated heterocycles. The molecule has 0 aromatic carbocycles. The number of aliphatic hydroxyl groups excluding tert-OH is 1. The minimum atomic E-state index is -4.24. The van der Waals surface area contributed by atoms with E-state index < -0.39 is 12.7 Å². The molecule has 0 fully saturated rings. The summed E-state index contributed by atoms with van der Waals surface area (Å²) in [6.45, 7) is 3.22. The molecule has 0 aliphatic heterocycles. The SMILES string of the molecule is CC(C)c1cccc(CN(CCCO)CC(F)(F)F)n1. The summed E-state index contributed by atoms with van der Waals surface area (Å²) in [4.78, 5) is 5.65.